The fourth-order valence-corrected chi connectivity index (χ4v) is 3.56. The number of pyridine rings is 1. The van der Waals surface area contributed by atoms with Crippen molar-refractivity contribution in [2.45, 2.75) is 53.0 Å². The standard InChI is InChI=1S/C21H29N5O2/c1-5-13(2)19(22)25-14(3)17-11-18(20-23-8-9-24-20)21(27)26(15(17)4)16-7-6-10-28-12-16/h8-9,11,16H,5-7,10,12,22H2,1-4H3,(H,23,24)/b19-13+,25-14-. The van der Waals surface area contributed by atoms with Gasteiger partial charge in [-0.3, -0.25) is 4.79 Å². The normalized spacial score (nSPS) is 18.9. The molecule has 0 radical (unpaired) electrons. The van der Waals surface area contributed by atoms with E-state index in [0.717, 1.165) is 48.4 Å². The Hall–Kier alpha value is -2.67. The predicted octanol–water partition coefficient (Wildman–Crippen LogP) is 3.31. The molecule has 7 heteroatoms. The molecule has 1 atom stereocenters. The van der Waals surface area contributed by atoms with E-state index in [1.165, 1.54) is 0 Å². The monoisotopic (exact) mass is 383 g/mol. The number of nitrogens with two attached hydrogens (primary N) is 1. The van der Waals surface area contributed by atoms with E-state index in [-0.39, 0.29) is 11.6 Å². The van der Waals surface area contributed by atoms with Gasteiger partial charge in [0.15, 0.2) is 0 Å². The first-order valence-electron chi connectivity index (χ1n) is 9.78. The molecule has 28 heavy (non-hydrogen) atoms. The van der Waals surface area contributed by atoms with Crippen molar-refractivity contribution in [2.24, 2.45) is 10.7 Å². The van der Waals surface area contributed by atoms with Gasteiger partial charge in [0.05, 0.1) is 18.2 Å². The van der Waals surface area contributed by atoms with Crippen LogP contribution in [0.3, 0.4) is 0 Å². The first kappa shape index (κ1) is 20.1. The zero-order chi connectivity index (χ0) is 20.3. The summed E-state index contributed by atoms with van der Waals surface area (Å²) >= 11 is 0. The molecule has 1 aliphatic rings. The summed E-state index contributed by atoms with van der Waals surface area (Å²) in [6, 6.07) is 1.87. The molecule has 0 saturated carbocycles. The average Bonchev–Trinajstić information content (AvgIpc) is 3.22. The Kier molecular flexibility index (Phi) is 6.14. The summed E-state index contributed by atoms with van der Waals surface area (Å²) in [5.41, 5.74) is 10.2. The van der Waals surface area contributed by atoms with Gasteiger partial charge in [0.1, 0.15) is 11.6 Å². The van der Waals surface area contributed by atoms with Gasteiger partial charge in [0.25, 0.3) is 5.56 Å². The van der Waals surface area contributed by atoms with Crippen molar-refractivity contribution < 1.29 is 4.74 Å². The van der Waals surface area contributed by atoms with Gasteiger partial charge in [-0.2, -0.15) is 0 Å². The van der Waals surface area contributed by atoms with Gasteiger partial charge < -0.3 is 20.0 Å². The van der Waals surface area contributed by atoms with E-state index >= 15 is 0 Å². The number of nitrogens with zero attached hydrogens (tertiary/aromatic N) is 3. The minimum absolute atomic E-state index is 0.00739. The van der Waals surface area contributed by atoms with Gasteiger partial charge >= 0.3 is 0 Å². The van der Waals surface area contributed by atoms with Crippen LogP contribution in [0.2, 0.25) is 0 Å². The molecule has 2 aromatic rings. The first-order chi connectivity index (χ1) is 13.4. The molecule has 0 aliphatic carbocycles. The predicted molar refractivity (Wildman–Crippen MR) is 112 cm³/mol. The Bertz CT molecular complexity index is 948. The van der Waals surface area contributed by atoms with Crippen LogP contribution in [-0.4, -0.2) is 33.5 Å². The molecular weight excluding hydrogens is 354 g/mol. The van der Waals surface area contributed by atoms with E-state index < -0.39 is 0 Å². The van der Waals surface area contributed by atoms with Crippen molar-refractivity contribution in [2.75, 3.05) is 13.2 Å². The average molecular weight is 383 g/mol. The van der Waals surface area contributed by atoms with Gasteiger partial charge in [0.2, 0.25) is 0 Å². The maximum absolute atomic E-state index is 13.3. The molecule has 150 valence electrons. The Morgan fingerprint density at radius 3 is 2.86 bits per heavy atom. The number of aliphatic imine (C=N–C) groups is 1. The topological polar surface area (TPSA) is 98.3 Å². The molecule has 1 fully saturated rings. The molecule has 3 rings (SSSR count). The van der Waals surface area contributed by atoms with Crippen LogP contribution in [0.5, 0.6) is 0 Å². The number of ether oxygens (including phenoxy) is 1. The molecule has 3 heterocycles. The summed E-state index contributed by atoms with van der Waals surface area (Å²) in [7, 11) is 0. The molecule has 2 aromatic heterocycles. The lowest BCUT2D eigenvalue weighted by Crippen LogP contribution is -2.34. The van der Waals surface area contributed by atoms with E-state index in [1.807, 2.05) is 31.4 Å². The van der Waals surface area contributed by atoms with Crippen molar-refractivity contribution >= 4 is 5.71 Å². The number of hydrogen-bond donors (Lipinski definition) is 2. The number of allylic oxidation sites excluding steroid dienone is 1. The second kappa shape index (κ2) is 8.56. The lowest BCUT2D eigenvalue weighted by Gasteiger charge is -2.27. The third-order valence-corrected chi connectivity index (χ3v) is 5.39. The van der Waals surface area contributed by atoms with Crippen LogP contribution in [-0.2, 0) is 4.74 Å². The van der Waals surface area contributed by atoms with Crippen LogP contribution in [0.15, 0.2) is 39.6 Å². The van der Waals surface area contributed by atoms with E-state index in [0.29, 0.717) is 23.8 Å². The number of imidazole rings is 1. The van der Waals surface area contributed by atoms with Gasteiger partial charge in [-0.1, -0.05) is 6.92 Å². The number of rotatable bonds is 5. The number of nitrogens with one attached hydrogen (secondary N) is 1. The summed E-state index contributed by atoms with van der Waals surface area (Å²) in [5, 5.41) is 0. The van der Waals surface area contributed by atoms with Crippen LogP contribution in [0.25, 0.3) is 11.4 Å². The quantitative estimate of drug-likeness (QED) is 0.774. The highest BCUT2D eigenvalue weighted by atomic mass is 16.5. The van der Waals surface area contributed by atoms with Gasteiger partial charge in [-0.15, -0.1) is 0 Å². The highest BCUT2D eigenvalue weighted by molar-refractivity contribution is 6.01. The molecular formula is C21H29N5O2. The smallest absolute Gasteiger partial charge is 0.262 e. The van der Waals surface area contributed by atoms with Crippen LogP contribution >= 0.6 is 0 Å². The second-order valence-corrected chi connectivity index (χ2v) is 7.26. The van der Waals surface area contributed by atoms with E-state index in [9.17, 15) is 4.79 Å². The summed E-state index contributed by atoms with van der Waals surface area (Å²) in [6.45, 7) is 9.20. The fourth-order valence-electron chi connectivity index (χ4n) is 3.56. The third kappa shape index (κ3) is 3.94. The van der Waals surface area contributed by atoms with Gasteiger partial charge in [0, 0.05) is 36.0 Å². The Balaban J connectivity index is 2.21. The zero-order valence-electron chi connectivity index (χ0n) is 17.1. The maximum Gasteiger partial charge on any atom is 0.262 e. The van der Waals surface area contributed by atoms with Crippen LogP contribution in [0.4, 0.5) is 0 Å². The maximum atomic E-state index is 13.3. The SMILES string of the molecule is CC/C(C)=C(N)/N=C(/C)c1cc(-c2ncc[nH]2)c(=O)n(C2CCCOC2)c1C. The molecule has 3 N–H and O–H groups in total. The Morgan fingerprint density at radius 2 is 2.25 bits per heavy atom. The third-order valence-electron chi connectivity index (χ3n) is 5.39. The summed E-state index contributed by atoms with van der Waals surface area (Å²) in [5.74, 6) is 1.08. The highest BCUT2D eigenvalue weighted by Gasteiger charge is 2.23. The lowest BCUT2D eigenvalue weighted by atomic mass is 10.0. The van der Waals surface area contributed by atoms with Gasteiger partial charge in [-0.25, -0.2) is 9.98 Å². The Morgan fingerprint density at radius 1 is 1.46 bits per heavy atom. The highest BCUT2D eigenvalue weighted by Crippen LogP contribution is 2.24. The molecule has 0 amide bonds. The van der Waals surface area contributed by atoms with Crippen LogP contribution in [0, 0.1) is 6.92 Å². The molecule has 0 spiro atoms. The molecule has 1 unspecified atom stereocenters. The van der Waals surface area contributed by atoms with E-state index in [2.05, 4.69) is 21.9 Å². The van der Waals surface area contributed by atoms with Crippen molar-refractivity contribution in [3.8, 4) is 11.4 Å². The molecule has 7 nitrogen and oxygen atoms in total. The summed E-state index contributed by atoms with van der Waals surface area (Å²) in [4.78, 5) is 25.3. The number of aromatic amines is 1. The van der Waals surface area contributed by atoms with Crippen LogP contribution in [0.1, 0.15) is 57.3 Å². The summed E-state index contributed by atoms with van der Waals surface area (Å²) in [6.07, 6.45) is 6.06. The molecule has 0 aromatic carbocycles. The van der Waals surface area contributed by atoms with Crippen molar-refractivity contribution in [1.29, 1.82) is 0 Å². The van der Waals surface area contributed by atoms with Crippen LogP contribution < -0.4 is 11.3 Å². The van der Waals surface area contributed by atoms with E-state index in [4.69, 9.17) is 10.5 Å². The molecule has 1 aliphatic heterocycles. The lowest BCUT2D eigenvalue weighted by molar-refractivity contribution is 0.0573. The zero-order valence-corrected chi connectivity index (χ0v) is 17.1. The Labute approximate surface area is 165 Å². The minimum atomic E-state index is -0.0623. The number of H-pyrrole nitrogens is 1. The first-order valence-corrected chi connectivity index (χ1v) is 9.78. The number of aromatic nitrogens is 3. The van der Waals surface area contributed by atoms with Crippen molar-refractivity contribution in [3.63, 3.8) is 0 Å². The summed E-state index contributed by atoms with van der Waals surface area (Å²) < 4.78 is 7.49. The molecule has 1 saturated heterocycles. The van der Waals surface area contributed by atoms with Crippen molar-refractivity contribution in [3.05, 3.63) is 51.5 Å². The second-order valence-electron chi connectivity index (χ2n) is 7.26. The fraction of sp³-hybridized carbons (Fsp3) is 0.476. The number of hydrogen-bond acceptors (Lipinski definition) is 5. The largest absolute Gasteiger partial charge is 0.384 e. The minimum Gasteiger partial charge on any atom is -0.384 e. The van der Waals surface area contributed by atoms with Gasteiger partial charge in [-0.05, 0) is 51.7 Å². The molecule has 0 bridgehead atoms. The van der Waals surface area contributed by atoms with E-state index in [1.54, 1.807) is 12.4 Å². The van der Waals surface area contributed by atoms with Crippen molar-refractivity contribution in [1.82, 2.24) is 14.5 Å².